The first-order chi connectivity index (χ1) is 26.7. The fourth-order valence-electron chi connectivity index (χ4n) is 5.07. The van der Waals surface area contributed by atoms with E-state index in [1.54, 1.807) is 0 Å². The molecule has 0 amide bonds. The lowest BCUT2D eigenvalue weighted by molar-refractivity contribution is -0.161. The minimum absolute atomic E-state index is 0.102. The number of phosphoric acid groups is 1. The Morgan fingerprint density at radius 3 is 1.47 bits per heavy atom. The number of aliphatic hydroxyl groups excluding tert-OH is 2. The SMILES string of the molecule is CCCCC/C=C\C/C=C\C/C=C\C/C=C\CCCC(=O)O[C@H](COC(=O)CCCCCCC/C=C\C/C=C\CCCCC)COP(=O)(O)OC[C@@H](O)CO. The second-order valence-electron chi connectivity index (χ2n) is 13.7. The molecule has 0 bridgehead atoms. The largest absolute Gasteiger partial charge is 0.472 e. The zero-order chi connectivity index (χ0) is 40.5. The van der Waals surface area contributed by atoms with Crippen LogP contribution in [0.15, 0.2) is 72.9 Å². The van der Waals surface area contributed by atoms with Crippen LogP contribution < -0.4 is 0 Å². The summed E-state index contributed by atoms with van der Waals surface area (Å²) in [6.45, 7) is 2.22. The van der Waals surface area contributed by atoms with E-state index in [2.05, 4.69) is 79.1 Å². The summed E-state index contributed by atoms with van der Waals surface area (Å²) in [4.78, 5) is 34.9. The molecule has 1 unspecified atom stereocenters. The van der Waals surface area contributed by atoms with Gasteiger partial charge in [-0.05, 0) is 83.5 Å². The molecule has 10 nitrogen and oxygen atoms in total. The number of carbonyl (C=O) groups is 2. The Hall–Kier alpha value is -2.59. The third kappa shape index (κ3) is 39.4. The van der Waals surface area contributed by atoms with Crippen molar-refractivity contribution in [1.29, 1.82) is 0 Å². The van der Waals surface area contributed by atoms with Gasteiger partial charge in [0.15, 0.2) is 6.10 Å². The van der Waals surface area contributed by atoms with Gasteiger partial charge in [-0.1, -0.05) is 132 Å². The highest BCUT2D eigenvalue weighted by Crippen LogP contribution is 2.43. The molecule has 0 aromatic rings. The normalized spacial score (nSPS) is 14.6. The molecule has 0 aromatic carbocycles. The molecule has 0 heterocycles. The first-order valence-electron chi connectivity index (χ1n) is 20.9. The van der Waals surface area contributed by atoms with Crippen molar-refractivity contribution in [3.63, 3.8) is 0 Å². The zero-order valence-corrected chi connectivity index (χ0v) is 35.0. The number of esters is 2. The van der Waals surface area contributed by atoms with Crippen LogP contribution in [0, 0.1) is 0 Å². The molecule has 55 heavy (non-hydrogen) atoms. The number of hydrogen-bond acceptors (Lipinski definition) is 9. The molecule has 0 saturated heterocycles. The predicted octanol–water partition coefficient (Wildman–Crippen LogP) is 10.9. The van der Waals surface area contributed by atoms with Crippen molar-refractivity contribution in [1.82, 2.24) is 0 Å². The highest BCUT2D eigenvalue weighted by molar-refractivity contribution is 7.47. The molecule has 3 N–H and O–H groups in total. The van der Waals surface area contributed by atoms with E-state index in [9.17, 15) is 24.2 Å². The predicted molar refractivity (Wildman–Crippen MR) is 223 cm³/mol. The van der Waals surface area contributed by atoms with Crippen molar-refractivity contribution >= 4 is 19.8 Å². The Labute approximate surface area is 333 Å². The lowest BCUT2D eigenvalue weighted by atomic mass is 10.1. The van der Waals surface area contributed by atoms with Crippen LogP contribution in [0.4, 0.5) is 0 Å². The van der Waals surface area contributed by atoms with Crippen LogP contribution in [0.25, 0.3) is 0 Å². The monoisotopic (exact) mass is 795 g/mol. The topological polar surface area (TPSA) is 149 Å². The number of aliphatic hydroxyl groups is 2. The van der Waals surface area contributed by atoms with Crippen LogP contribution in [-0.4, -0.2) is 65.7 Å². The van der Waals surface area contributed by atoms with Crippen molar-refractivity contribution in [2.24, 2.45) is 0 Å². The standard InChI is InChI=1S/C44H75O10P/c1-3-5-7-9-11-13-15-17-19-20-22-24-26-28-30-32-34-36-44(48)54-42(40-53-55(49,50)52-38-41(46)37-45)39-51-43(47)35-33-31-29-27-25-23-21-18-16-14-12-10-8-6-4-2/h11-14,17-19,21-22,24,28,30,41-42,45-46H,3-10,15-16,20,23,25-27,29,31-40H2,1-2H3,(H,49,50)/b13-11-,14-12-,19-17-,21-18-,24-22-,30-28-/t41-,42+/m0/s1. The fourth-order valence-corrected chi connectivity index (χ4v) is 5.86. The van der Waals surface area contributed by atoms with E-state index in [1.807, 2.05) is 12.2 Å². The lowest BCUT2D eigenvalue weighted by Crippen LogP contribution is -2.29. The number of phosphoric ester groups is 1. The highest BCUT2D eigenvalue weighted by Gasteiger charge is 2.27. The number of ether oxygens (including phenoxy) is 2. The Bertz CT molecular complexity index is 1140. The second-order valence-corrected chi connectivity index (χ2v) is 15.1. The molecule has 316 valence electrons. The Morgan fingerprint density at radius 1 is 0.545 bits per heavy atom. The van der Waals surface area contributed by atoms with Crippen molar-refractivity contribution in [2.75, 3.05) is 26.4 Å². The average molecular weight is 795 g/mol. The number of hydrogen-bond donors (Lipinski definition) is 3. The maximum Gasteiger partial charge on any atom is 0.472 e. The van der Waals surface area contributed by atoms with Crippen molar-refractivity contribution in [2.45, 2.75) is 167 Å². The van der Waals surface area contributed by atoms with Gasteiger partial charge in [-0.2, -0.15) is 0 Å². The van der Waals surface area contributed by atoms with Crippen molar-refractivity contribution in [3.05, 3.63) is 72.9 Å². The summed E-state index contributed by atoms with van der Waals surface area (Å²) >= 11 is 0. The molecule has 0 spiro atoms. The van der Waals surface area contributed by atoms with Gasteiger partial charge in [-0.3, -0.25) is 18.6 Å². The summed E-state index contributed by atoms with van der Waals surface area (Å²) in [5.74, 6) is -1.01. The average Bonchev–Trinajstić information content (AvgIpc) is 3.17. The maximum atomic E-state index is 12.6. The molecule has 3 atom stereocenters. The van der Waals surface area contributed by atoms with Gasteiger partial charge in [0.25, 0.3) is 0 Å². The van der Waals surface area contributed by atoms with Crippen LogP contribution in [0.5, 0.6) is 0 Å². The second kappa shape index (κ2) is 39.6. The Balaban J connectivity index is 4.46. The van der Waals surface area contributed by atoms with Gasteiger partial charge in [0.05, 0.1) is 19.8 Å². The number of rotatable bonds is 38. The summed E-state index contributed by atoms with van der Waals surface area (Å²) in [6.07, 6.45) is 44.4. The maximum absolute atomic E-state index is 12.6. The van der Waals surface area contributed by atoms with Gasteiger partial charge in [-0.15, -0.1) is 0 Å². The van der Waals surface area contributed by atoms with Crippen LogP contribution in [0.3, 0.4) is 0 Å². The van der Waals surface area contributed by atoms with Crippen LogP contribution >= 0.6 is 7.82 Å². The van der Waals surface area contributed by atoms with Crippen LogP contribution in [-0.2, 0) is 32.7 Å². The molecule has 0 fully saturated rings. The first kappa shape index (κ1) is 52.4. The lowest BCUT2D eigenvalue weighted by Gasteiger charge is -2.20. The van der Waals surface area contributed by atoms with E-state index in [-0.39, 0.29) is 19.4 Å². The van der Waals surface area contributed by atoms with E-state index in [4.69, 9.17) is 19.1 Å². The van der Waals surface area contributed by atoms with Gasteiger partial charge < -0.3 is 24.6 Å². The molecule has 0 saturated carbocycles. The highest BCUT2D eigenvalue weighted by atomic mass is 31.2. The third-order valence-electron chi connectivity index (χ3n) is 8.33. The Kier molecular flexibility index (Phi) is 37.8. The summed E-state index contributed by atoms with van der Waals surface area (Å²) in [5, 5.41) is 18.3. The summed E-state index contributed by atoms with van der Waals surface area (Å²) in [7, 11) is -4.64. The van der Waals surface area contributed by atoms with E-state index >= 15 is 0 Å². The van der Waals surface area contributed by atoms with Crippen LogP contribution in [0.1, 0.15) is 155 Å². The number of allylic oxidation sites excluding steroid dienone is 12. The van der Waals surface area contributed by atoms with E-state index < -0.39 is 51.8 Å². The van der Waals surface area contributed by atoms with Crippen LogP contribution in [0.2, 0.25) is 0 Å². The number of carbonyl (C=O) groups excluding carboxylic acids is 2. The van der Waals surface area contributed by atoms with Gasteiger partial charge in [0.2, 0.25) is 0 Å². The third-order valence-corrected chi connectivity index (χ3v) is 9.28. The van der Waals surface area contributed by atoms with Gasteiger partial charge >= 0.3 is 19.8 Å². The molecule has 0 rings (SSSR count). The minimum atomic E-state index is -4.64. The van der Waals surface area contributed by atoms with Crippen molar-refractivity contribution in [3.8, 4) is 0 Å². The van der Waals surface area contributed by atoms with Gasteiger partial charge in [0, 0.05) is 12.8 Å². The molecular weight excluding hydrogens is 719 g/mol. The molecule has 0 aliphatic heterocycles. The summed E-state index contributed by atoms with van der Waals surface area (Å²) in [6, 6.07) is 0. The molecule has 0 aromatic heterocycles. The zero-order valence-electron chi connectivity index (χ0n) is 34.1. The van der Waals surface area contributed by atoms with E-state index in [0.717, 1.165) is 70.6 Å². The van der Waals surface area contributed by atoms with Crippen molar-refractivity contribution < 1.29 is 47.8 Å². The number of unbranched alkanes of at least 4 members (excludes halogenated alkanes) is 12. The summed E-state index contributed by atoms with van der Waals surface area (Å²) < 4.78 is 32.6. The molecular formula is C44H75O10P. The Morgan fingerprint density at radius 2 is 0.964 bits per heavy atom. The fraction of sp³-hybridized carbons (Fsp3) is 0.682. The first-order valence-corrected chi connectivity index (χ1v) is 22.4. The van der Waals surface area contributed by atoms with Gasteiger partial charge in [-0.25, -0.2) is 4.57 Å². The quantitative estimate of drug-likeness (QED) is 0.0239. The minimum Gasteiger partial charge on any atom is -0.462 e. The molecule has 0 radical (unpaired) electrons. The van der Waals surface area contributed by atoms with E-state index in [0.29, 0.717) is 19.3 Å². The van der Waals surface area contributed by atoms with E-state index in [1.165, 1.54) is 38.5 Å². The molecule has 0 aliphatic rings. The molecule has 0 aliphatic carbocycles. The molecule has 11 heteroatoms. The summed E-state index contributed by atoms with van der Waals surface area (Å²) in [5.41, 5.74) is 0. The smallest absolute Gasteiger partial charge is 0.462 e. The van der Waals surface area contributed by atoms with Gasteiger partial charge in [0.1, 0.15) is 12.7 Å².